The van der Waals surface area contributed by atoms with Crippen LogP contribution in [0, 0.1) is 28.6 Å². The lowest BCUT2D eigenvalue weighted by atomic mass is 9.47. The van der Waals surface area contributed by atoms with Crippen molar-refractivity contribution in [2.45, 2.75) is 90.6 Å². The topological polar surface area (TPSA) is 42.4 Å². The molecule has 0 aromatic carbocycles. The van der Waals surface area contributed by atoms with Gasteiger partial charge in [-0.25, -0.2) is 4.98 Å². The first kappa shape index (κ1) is 20.1. The smallest absolute Gasteiger partial charge is 0.224 e. The zero-order valence-corrected chi connectivity index (χ0v) is 19.1. The fourth-order valence-electron chi connectivity index (χ4n) is 7.75. The molecule has 5 rings (SSSR count). The number of hydrogen-bond donors (Lipinski definition) is 1. The van der Waals surface area contributed by atoms with Crippen molar-refractivity contribution in [1.82, 2.24) is 4.98 Å². The molecule has 0 unspecified atom stereocenters. The third-order valence-corrected chi connectivity index (χ3v) is 10.3. The maximum atomic E-state index is 10.2. The van der Waals surface area contributed by atoms with Crippen molar-refractivity contribution in [3.05, 3.63) is 22.0 Å². The predicted octanol–water partition coefficient (Wildman–Crippen LogP) is 6.34. The first-order chi connectivity index (χ1) is 14.0. The molecule has 0 radical (unpaired) electrons. The second-order valence-corrected chi connectivity index (χ2v) is 11.6. The highest BCUT2D eigenvalue weighted by atomic mass is 32.1. The highest BCUT2D eigenvalue weighted by Gasteiger charge is 2.59. The Kier molecular flexibility index (Phi) is 5.10. The first-order valence-electron chi connectivity index (χ1n) is 11.9. The Morgan fingerprint density at radius 2 is 2.03 bits per heavy atom. The molecule has 1 N–H and O–H groups in total. The molecule has 1 aromatic rings. The number of aliphatic hydroxyl groups excluding tert-OH is 1. The SMILES string of the molecule is CCCOc1csc([C@H]2CC[C@H]3[C@@H]4CC=C5C[C@@H](O)CC[C@]5(C)[C@H]4CC[C@]23C)n1. The molecule has 0 aliphatic heterocycles. The molecule has 4 aliphatic rings. The molecular weight excluding hydrogens is 378 g/mol. The highest BCUT2D eigenvalue weighted by Crippen LogP contribution is 2.68. The zero-order valence-electron chi connectivity index (χ0n) is 18.3. The molecule has 0 spiro atoms. The van der Waals surface area contributed by atoms with Gasteiger partial charge < -0.3 is 9.84 Å². The molecule has 0 saturated heterocycles. The maximum Gasteiger partial charge on any atom is 0.224 e. The summed E-state index contributed by atoms with van der Waals surface area (Å²) in [4.78, 5) is 4.91. The van der Waals surface area contributed by atoms with Crippen LogP contribution in [0.15, 0.2) is 17.0 Å². The van der Waals surface area contributed by atoms with Gasteiger partial charge in [-0.1, -0.05) is 32.4 Å². The van der Waals surface area contributed by atoms with Crippen molar-refractivity contribution >= 4 is 11.3 Å². The van der Waals surface area contributed by atoms with Crippen molar-refractivity contribution in [3.63, 3.8) is 0 Å². The standard InChI is InChI=1S/C25H37NO2S/c1-4-13-28-22-15-29-23(26-22)21-8-7-19-18-6-5-16-14-17(27)9-11-24(16,2)20(18)10-12-25(19,21)3/h5,15,17-21,27H,4,6-14H2,1-3H3/t17-,18-,19-,20-,21+,24-,25-/m0/s1. The Labute approximate surface area is 180 Å². The fraction of sp³-hybridized carbons (Fsp3) is 0.800. The summed E-state index contributed by atoms with van der Waals surface area (Å²) in [6.45, 7) is 8.01. The molecule has 3 saturated carbocycles. The average molecular weight is 416 g/mol. The third-order valence-electron chi connectivity index (χ3n) is 9.33. The summed E-state index contributed by atoms with van der Waals surface area (Å²) in [7, 11) is 0. The van der Waals surface area contributed by atoms with Gasteiger partial charge >= 0.3 is 0 Å². The van der Waals surface area contributed by atoms with E-state index in [1.807, 2.05) is 11.3 Å². The van der Waals surface area contributed by atoms with Gasteiger partial charge in [-0.05, 0) is 86.4 Å². The van der Waals surface area contributed by atoms with E-state index < -0.39 is 0 Å². The van der Waals surface area contributed by atoms with Crippen LogP contribution in [0.5, 0.6) is 5.88 Å². The van der Waals surface area contributed by atoms with Crippen LogP contribution in [0.2, 0.25) is 0 Å². The minimum Gasteiger partial charge on any atom is -0.477 e. The second-order valence-electron chi connectivity index (χ2n) is 10.7. The summed E-state index contributed by atoms with van der Waals surface area (Å²) in [5, 5.41) is 13.7. The second kappa shape index (κ2) is 7.37. The molecule has 0 amide bonds. The number of ether oxygens (including phenoxy) is 1. The minimum atomic E-state index is -0.107. The van der Waals surface area contributed by atoms with Gasteiger partial charge in [0.2, 0.25) is 5.88 Å². The van der Waals surface area contributed by atoms with E-state index in [-0.39, 0.29) is 6.10 Å². The van der Waals surface area contributed by atoms with Crippen molar-refractivity contribution in [1.29, 1.82) is 0 Å². The van der Waals surface area contributed by atoms with Crippen molar-refractivity contribution in [2.75, 3.05) is 6.61 Å². The van der Waals surface area contributed by atoms with Crippen LogP contribution in [0.25, 0.3) is 0 Å². The van der Waals surface area contributed by atoms with Crippen LogP contribution in [-0.2, 0) is 0 Å². The minimum absolute atomic E-state index is 0.107. The van der Waals surface area contributed by atoms with E-state index in [9.17, 15) is 5.11 Å². The van der Waals surface area contributed by atoms with E-state index in [0.29, 0.717) is 16.7 Å². The van der Waals surface area contributed by atoms with Gasteiger partial charge in [-0.3, -0.25) is 0 Å². The molecule has 0 bridgehead atoms. The monoisotopic (exact) mass is 415 g/mol. The largest absolute Gasteiger partial charge is 0.477 e. The number of rotatable bonds is 4. The summed E-state index contributed by atoms with van der Waals surface area (Å²) >= 11 is 1.82. The molecule has 1 heterocycles. The average Bonchev–Trinajstić information content (AvgIpc) is 3.30. The Bertz CT molecular complexity index is 788. The number of hydrogen-bond acceptors (Lipinski definition) is 4. The van der Waals surface area contributed by atoms with Crippen molar-refractivity contribution < 1.29 is 9.84 Å². The number of allylic oxidation sites excluding steroid dienone is 1. The molecule has 3 nitrogen and oxygen atoms in total. The van der Waals surface area contributed by atoms with E-state index in [0.717, 1.165) is 49.5 Å². The summed E-state index contributed by atoms with van der Waals surface area (Å²) < 4.78 is 5.80. The molecule has 160 valence electrons. The Balaban J connectivity index is 1.39. The molecule has 4 aliphatic carbocycles. The lowest BCUT2D eigenvalue weighted by Crippen LogP contribution is -2.50. The maximum absolute atomic E-state index is 10.2. The van der Waals surface area contributed by atoms with E-state index in [1.165, 1.54) is 43.5 Å². The number of fused-ring (bicyclic) bond motifs is 5. The van der Waals surface area contributed by atoms with Crippen LogP contribution >= 0.6 is 11.3 Å². The summed E-state index contributed by atoms with van der Waals surface area (Å²) in [6.07, 6.45) is 13.1. The predicted molar refractivity (Wildman–Crippen MR) is 118 cm³/mol. The van der Waals surface area contributed by atoms with Crippen molar-refractivity contribution in [3.8, 4) is 5.88 Å². The quantitative estimate of drug-likeness (QED) is 0.584. The van der Waals surface area contributed by atoms with Gasteiger partial charge in [0.15, 0.2) is 0 Å². The van der Waals surface area contributed by atoms with Crippen LogP contribution in [0.4, 0.5) is 0 Å². The molecule has 29 heavy (non-hydrogen) atoms. The van der Waals surface area contributed by atoms with Gasteiger partial charge in [-0.15, -0.1) is 11.3 Å². The van der Waals surface area contributed by atoms with E-state index in [1.54, 1.807) is 5.57 Å². The lowest BCUT2D eigenvalue weighted by Gasteiger charge is -2.58. The van der Waals surface area contributed by atoms with Gasteiger partial charge in [0.25, 0.3) is 0 Å². The van der Waals surface area contributed by atoms with E-state index in [2.05, 4.69) is 32.2 Å². The molecule has 3 fully saturated rings. The highest BCUT2D eigenvalue weighted by molar-refractivity contribution is 7.09. The summed E-state index contributed by atoms with van der Waals surface area (Å²) in [6, 6.07) is 0. The van der Waals surface area contributed by atoms with Gasteiger partial charge in [0, 0.05) is 5.92 Å². The molecule has 4 heteroatoms. The summed E-state index contributed by atoms with van der Waals surface area (Å²) in [5.41, 5.74) is 2.30. The number of aliphatic hydroxyl groups is 1. The third kappa shape index (κ3) is 3.12. The Hall–Kier alpha value is -0.870. The van der Waals surface area contributed by atoms with E-state index >= 15 is 0 Å². The van der Waals surface area contributed by atoms with Crippen LogP contribution in [0.3, 0.4) is 0 Å². The lowest BCUT2D eigenvalue weighted by molar-refractivity contribution is -0.0409. The van der Waals surface area contributed by atoms with Crippen LogP contribution in [-0.4, -0.2) is 22.8 Å². The number of thiazole rings is 1. The van der Waals surface area contributed by atoms with Crippen molar-refractivity contribution in [2.24, 2.45) is 28.6 Å². The van der Waals surface area contributed by atoms with Gasteiger partial charge in [0.1, 0.15) is 5.01 Å². The zero-order chi connectivity index (χ0) is 20.2. The number of nitrogens with zero attached hydrogens (tertiary/aromatic N) is 1. The summed E-state index contributed by atoms with van der Waals surface area (Å²) in [5.74, 6) is 3.89. The first-order valence-corrected chi connectivity index (χ1v) is 12.8. The Morgan fingerprint density at radius 3 is 2.86 bits per heavy atom. The fourth-order valence-corrected chi connectivity index (χ4v) is 8.79. The molecule has 1 aromatic heterocycles. The molecule has 7 atom stereocenters. The normalized spacial score (nSPS) is 43.9. The van der Waals surface area contributed by atoms with Gasteiger partial charge in [0.05, 0.1) is 18.1 Å². The van der Waals surface area contributed by atoms with Gasteiger partial charge in [-0.2, -0.15) is 0 Å². The van der Waals surface area contributed by atoms with Crippen LogP contribution < -0.4 is 4.74 Å². The molecular formula is C25H37NO2S. The number of aromatic nitrogens is 1. The Morgan fingerprint density at radius 1 is 1.17 bits per heavy atom. The van der Waals surface area contributed by atoms with Crippen LogP contribution in [0.1, 0.15) is 89.5 Å². The van der Waals surface area contributed by atoms with E-state index in [4.69, 9.17) is 9.72 Å².